The lowest BCUT2D eigenvalue weighted by Gasteiger charge is -2.32. The van der Waals surface area contributed by atoms with E-state index in [1.807, 2.05) is 0 Å². The van der Waals surface area contributed by atoms with Gasteiger partial charge in [-0.05, 0) is 46.3 Å². The number of piperidine rings is 1. The predicted octanol–water partition coefficient (Wildman–Crippen LogP) is 0.848. The van der Waals surface area contributed by atoms with Gasteiger partial charge in [0.05, 0.1) is 6.10 Å². The van der Waals surface area contributed by atoms with Crippen molar-refractivity contribution in [2.24, 2.45) is 0 Å². The quantitative estimate of drug-likeness (QED) is 0.712. The van der Waals surface area contributed by atoms with Gasteiger partial charge in [0, 0.05) is 18.7 Å². The zero-order chi connectivity index (χ0) is 9.97. The van der Waals surface area contributed by atoms with Crippen LogP contribution in [0.25, 0.3) is 0 Å². The highest BCUT2D eigenvalue weighted by Gasteiger charge is 2.27. The van der Waals surface area contributed by atoms with Gasteiger partial charge in [0.1, 0.15) is 0 Å². The number of hydrogen-bond donors (Lipinski definition) is 1. The van der Waals surface area contributed by atoms with Crippen molar-refractivity contribution in [1.82, 2.24) is 10.2 Å². The minimum absolute atomic E-state index is 0.412. The van der Waals surface area contributed by atoms with Gasteiger partial charge < -0.3 is 15.0 Å². The van der Waals surface area contributed by atoms with E-state index in [4.69, 9.17) is 4.74 Å². The van der Waals surface area contributed by atoms with E-state index in [9.17, 15) is 0 Å². The molecule has 0 saturated carbocycles. The molecule has 0 bridgehead atoms. The molecule has 0 amide bonds. The molecule has 2 aliphatic heterocycles. The monoisotopic (exact) mass is 198 g/mol. The van der Waals surface area contributed by atoms with Crippen LogP contribution in [0.4, 0.5) is 0 Å². The summed E-state index contributed by atoms with van der Waals surface area (Å²) in [5.74, 6) is 0. The molecule has 0 unspecified atom stereocenters. The lowest BCUT2D eigenvalue weighted by molar-refractivity contribution is 0.107. The van der Waals surface area contributed by atoms with E-state index in [2.05, 4.69) is 24.2 Å². The van der Waals surface area contributed by atoms with Crippen LogP contribution in [-0.4, -0.2) is 49.8 Å². The summed E-state index contributed by atoms with van der Waals surface area (Å²) in [5, 5.41) is 3.74. The van der Waals surface area contributed by atoms with E-state index >= 15 is 0 Å². The molecule has 0 spiro atoms. The molecule has 14 heavy (non-hydrogen) atoms. The van der Waals surface area contributed by atoms with Crippen molar-refractivity contribution in [1.29, 1.82) is 0 Å². The molecular weight excluding hydrogens is 176 g/mol. The number of nitrogens with zero attached hydrogens (tertiary/aromatic N) is 1. The standard InChI is InChI=1S/C11H22N2O/c1-9-11(5-8-14-9)12-10-3-6-13(2)7-4-10/h9-12H,3-8H2,1-2H3/t9-,11-/m0/s1. The van der Waals surface area contributed by atoms with Crippen molar-refractivity contribution in [3.05, 3.63) is 0 Å². The molecule has 0 aromatic heterocycles. The number of rotatable bonds is 2. The number of likely N-dealkylation sites (tertiary alicyclic amines) is 1. The Labute approximate surface area is 86.8 Å². The molecule has 0 aliphatic carbocycles. The second-order valence-corrected chi connectivity index (χ2v) is 4.72. The molecular formula is C11H22N2O. The fourth-order valence-electron chi connectivity index (χ4n) is 2.43. The minimum atomic E-state index is 0.412. The Hall–Kier alpha value is -0.120. The summed E-state index contributed by atoms with van der Waals surface area (Å²) < 4.78 is 5.56. The molecule has 2 saturated heterocycles. The van der Waals surface area contributed by atoms with Crippen LogP contribution in [-0.2, 0) is 4.74 Å². The Kier molecular flexibility index (Phi) is 3.42. The SMILES string of the molecule is C[C@@H]1OCC[C@@H]1NC1CCN(C)CC1. The van der Waals surface area contributed by atoms with Crippen molar-refractivity contribution >= 4 is 0 Å². The lowest BCUT2D eigenvalue weighted by atomic mass is 10.0. The molecule has 0 aromatic rings. The van der Waals surface area contributed by atoms with Gasteiger partial charge in [0.15, 0.2) is 0 Å². The molecule has 2 rings (SSSR count). The first kappa shape index (κ1) is 10.4. The smallest absolute Gasteiger partial charge is 0.0700 e. The third-order valence-electron chi connectivity index (χ3n) is 3.54. The Morgan fingerprint density at radius 1 is 1.21 bits per heavy atom. The highest BCUT2D eigenvalue weighted by molar-refractivity contribution is 4.85. The highest BCUT2D eigenvalue weighted by atomic mass is 16.5. The molecule has 82 valence electrons. The van der Waals surface area contributed by atoms with Gasteiger partial charge in [0.2, 0.25) is 0 Å². The highest BCUT2D eigenvalue weighted by Crippen LogP contribution is 2.16. The average Bonchev–Trinajstić information content (AvgIpc) is 2.56. The summed E-state index contributed by atoms with van der Waals surface area (Å²) in [6.07, 6.45) is 4.18. The molecule has 0 radical (unpaired) electrons. The first-order valence-corrected chi connectivity index (χ1v) is 5.82. The first-order valence-electron chi connectivity index (χ1n) is 5.82. The summed E-state index contributed by atoms with van der Waals surface area (Å²) >= 11 is 0. The Balaban J connectivity index is 1.74. The van der Waals surface area contributed by atoms with Gasteiger partial charge in [-0.3, -0.25) is 0 Å². The predicted molar refractivity (Wildman–Crippen MR) is 57.5 cm³/mol. The van der Waals surface area contributed by atoms with Crippen LogP contribution in [0.1, 0.15) is 26.2 Å². The minimum Gasteiger partial charge on any atom is -0.377 e. The van der Waals surface area contributed by atoms with Gasteiger partial charge in [-0.25, -0.2) is 0 Å². The molecule has 2 heterocycles. The third kappa shape index (κ3) is 2.47. The van der Waals surface area contributed by atoms with E-state index in [1.165, 1.54) is 32.4 Å². The molecule has 3 heteroatoms. The van der Waals surface area contributed by atoms with Crippen LogP contribution in [0, 0.1) is 0 Å². The normalized spacial score (nSPS) is 36.4. The molecule has 0 aromatic carbocycles. The average molecular weight is 198 g/mol. The fourth-order valence-corrected chi connectivity index (χ4v) is 2.43. The maximum atomic E-state index is 5.56. The summed E-state index contributed by atoms with van der Waals surface area (Å²) in [6, 6.07) is 1.32. The number of nitrogens with one attached hydrogen (secondary N) is 1. The lowest BCUT2D eigenvalue weighted by Crippen LogP contribution is -2.47. The van der Waals surface area contributed by atoms with Crippen molar-refractivity contribution < 1.29 is 4.74 Å². The van der Waals surface area contributed by atoms with Crippen molar-refractivity contribution in [2.75, 3.05) is 26.7 Å². The number of ether oxygens (including phenoxy) is 1. The Morgan fingerprint density at radius 3 is 2.50 bits per heavy atom. The Morgan fingerprint density at radius 2 is 1.93 bits per heavy atom. The van der Waals surface area contributed by atoms with Crippen LogP contribution < -0.4 is 5.32 Å². The fraction of sp³-hybridized carbons (Fsp3) is 1.00. The largest absolute Gasteiger partial charge is 0.377 e. The molecule has 2 aliphatic rings. The van der Waals surface area contributed by atoms with Crippen molar-refractivity contribution in [3.63, 3.8) is 0 Å². The molecule has 2 fully saturated rings. The van der Waals surface area contributed by atoms with Crippen LogP contribution in [0.5, 0.6) is 0 Å². The molecule has 2 atom stereocenters. The topological polar surface area (TPSA) is 24.5 Å². The third-order valence-corrected chi connectivity index (χ3v) is 3.54. The van der Waals surface area contributed by atoms with Gasteiger partial charge >= 0.3 is 0 Å². The van der Waals surface area contributed by atoms with E-state index < -0.39 is 0 Å². The van der Waals surface area contributed by atoms with Crippen molar-refractivity contribution in [2.45, 2.75) is 44.4 Å². The van der Waals surface area contributed by atoms with E-state index in [-0.39, 0.29) is 0 Å². The second-order valence-electron chi connectivity index (χ2n) is 4.72. The summed E-state index contributed by atoms with van der Waals surface area (Å²) in [7, 11) is 2.21. The van der Waals surface area contributed by atoms with Gasteiger partial charge in [0.25, 0.3) is 0 Å². The summed E-state index contributed by atoms with van der Waals surface area (Å²) in [5.41, 5.74) is 0. The van der Waals surface area contributed by atoms with E-state index in [0.717, 1.165) is 12.6 Å². The van der Waals surface area contributed by atoms with Crippen LogP contribution in [0.3, 0.4) is 0 Å². The van der Waals surface area contributed by atoms with E-state index in [1.54, 1.807) is 0 Å². The maximum absolute atomic E-state index is 5.56. The molecule has 3 nitrogen and oxygen atoms in total. The summed E-state index contributed by atoms with van der Waals surface area (Å²) in [6.45, 7) is 5.59. The van der Waals surface area contributed by atoms with Crippen molar-refractivity contribution in [3.8, 4) is 0 Å². The zero-order valence-corrected chi connectivity index (χ0v) is 9.33. The van der Waals surface area contributed by atoms with Crippen LogP contribution in [0.15, 0.2) is 0 Å². The molecule has 1 N–H and O–H groups in total. The van der Waals surface area contributed by atoms with Crippen LogP contribution in [0.2, 0.25) is 0 Å². The van der Waals surface area contributed by atoms with Crippen LogP contribution >= 0.6 is 0 Å². The van der Waals surface area contributed by atoms with Gasteiger partial charge in [-0.15, -0.1) is 0 Å². The van der Waals surface area contributed by atoms with Gasteiger partial charge in [-0.2, -0.15) is 0 Å². The maximum Gasteiger partial charge on any atom is 0.0700 e. The summed E-state index contributed by atoms with van der Waals surface area (Å²) in [4.78, 5) is 2.41. The Bertz CT molecular complexity index is 178. The second kappa shape index (κ2) is 4.60. The number of hydrogen-bond acceptors (Lipinski definition) is 3. The van der Waals surface area contributed by atoms with E-state index in [0.29, 0.717) is 12.1 Å². The zero-order valence-electron chi connectivity index (χ0n) is 9.33. The first-order chi connectivity index (χ1) is 6.75. The van der Waals surface area contributed by atoms with Gasteiger partial charge in [-0.1, -0.05) is 0 Å².